The minimum absolute atomic E-state index is 0.851. The first-order valence-corrected chi connectivity index (χ1v) is 10.9. The third-order valence-corrected chi connectivity index (χ3v) is 6.47. The quantitative estimate of drug-likeness (QED) is 0.264. The average molecular weight is 719 g/mol. The van der Waals surface area contributed by atoms with E-state index in [4.69, 9.17) is 0 Å². The Morgan fingerprint density at radius 2 is 1.74 bits per heavy atom. The van der Waals surface area contributed by atoms with E-state index >= 15 is 0 Å². The first-order valence-electron chi connectivity index (χ1n) is 7.82. The summed E-state index contributed by atoms with van der Waals surface area (Å²) in [4.78, 5) is 4.38. The van der Waals surface area contributed by atoms with Crippen LogP contribution in [0.5, 0.6) is 0 Å². The third-order valence-electron chi connectivity index (χ3n) is 3.87. The molecule has 1 fully saturated rings. The molecule has 1 N–H and O–H groups in total. The Morgan fingerprint density at radius 1 is 1.13 bits per heavy atom. The molecule has 1 aliphatic carbocycles. The second kappa shape index (κ2) is 10.5. The molecule has 1 aliphatic rings. The van der Waals surface area contributed by atoms with Crippen molar-refractivity contribution in [1.82, 2.24) is 16.1 Å². The van der Waals surface area contributed by atoms with E-state index in [0.29, 0.717) is 0 Å². The van der Waals surface area contributed by atoms with Crippen LogP contribution in [-0.4, -0.2) is 22.1 Å². The number of aromatic amines is 1. The van der Waals surface area contributed by atoms with E-state index in [1.165, 1.54) is 38.5 Å². The summed E-state index contributed by atoms with van der Waals surface area (Å²) < 4.78 is 5.17. The minimum Gasteiger partial charge on any atom is -0.185 e. The molecule has 0 unspecified atom stereocenters. The molecule has 1 aromatic heterocycles. The van der Waals surface area contributed by atoms with Crippen LogP contribution in [0.25, 0.3) is 11.4 Å². The van der Waals surface area contributed by atoms with Crippen LogP contribution < -0.4 is 0 Å². The number of benzene rings is 1. The Kier molecular flexibility index (Phi) is 9.00. The Balaban J connectivity index is 0.000000174. The molecule has 4 nitrogen and oxygen atoms in total. The van der Waals surface area contributed by atoms with E-state index in [-0.39, 0.29) is 0 Å². The summed E-state index contributed by atoms with van der Waals surface area (Å²) in [7, 11) is 1.95. The Bertz CT molecular complexity index is 631. The first kappa shape index (κ1) is 19.8. The van der Waals surface area contributed by atoms with E-state index in [1.807, 2.05) is 42.1 Å². The van der Waals surface area contributed by atoms with Crippen molar-refractivity contribution < 1.29 is 19.4 Å². The third kappa shape index (κ3) is 6.71. The Morgan fingerprint density at radius 3 is 2.22 bits per heavy atom. The molecule has 0 bridgehead atoms. The van der Waals surface area contributed by atoms with Crippen molar-refractivity contribution >= 4 is 45.7 Å². The van der Waals surface area contributed by atoms with Gasteiger partial charge in [0, 0.05) is 51.8 Å². The molecule has 1 aromatic carbocycles. The summed E-state index contributed by atoms with van der Waals surface area (Å²) in [6, 6.07) is 10.9. The SMILES string of the molecule is Cn1[nH]c(-c2ccccc2)n[c]1=[Pt].IN(I)C1CCCCCC1. The van der Waals surface area contributed by atoms with Gasteiger partial charge in [-0.05, 0) is 12.8 Å². The number of halogens is 2. The van der Waals surface area contributed by atoms with Crippen LogP contribution in [0.4, 0.5) is 0 Å². The van der Waals surface area contributed by atoms with Gasteiger partial charge >= 0.3 is 86.7 Å². The van der Waals surface area contributed by atoms with E-state index in [1.54, 1.807) is 0 Å². The zero-order valence-corrected chi connectivity index (χ0v) is 19.7. The summed E-state index contributed by atoms with van der Waals surface area (Å²) in [6.45, 7) is 0. The molecule has 1 heterocycles. The minimum atomic E-state index is 0.851. The van der Waals surface area contributed by atoms with E-state index in [9.17, 15) is 0 Å². The van der Waals surface area contributed by atoms with Crippen LogP contribution >= 0.6 is 45.7 Å². The van der Waals surface area contributed by atoms with Crippen molar-refractivity contribution in [2.75, 3.05) is 0 Å². The van der Waals surface area contributed by atoms with Gasteiger partial charge in [0.1, 0.15) is 0 Å². The topological polar surface area (TPSA) is 36.9 Å². The second-order valence-electron chi connectivity index (χ2n) is 5.64. The molecule has 1 saturated carbocycles. The van der Waals surface area contributed by atoms with Gasteiger partial charge in [-0.2, -0.15) is 1.33 Å². The first-order chi connectivity index (χ1) is 11.1. The Hall–Kier alpha value is 0.468. The van der Waals surface area contributed by atoms with Gasteiger partial charge in [-0.3, -0.25) is 0 Å². The van der Waals surface area contributed by atoms with Gasteiger partial charge in [0.15, 0.2) is 0 Å². The summed E-state index contributed by atoms with van der Waals surface area (Å²) in [5, 5.41) is 3.16. The van der Waals surface area contributed by atoms with E-state index in [2.05, 4.69) is 76.5 Å². The molecule has 0 saturated heterocycles. The molecule has 130 valence electrons. The van der Waals surface area contributed by atoms with Gasteiger partial charge in [0.2, 0.25) is 0 Å². The Labute approximate surface area is 176 Å². The molecular formula is C16H22I2N4Pt. The summed E-state index contributed by atoms with van der Waals surface area (Å²) in [5.74, 6) is 0.910. The smallest absolute Gasteiger partial charge is 0.0311 e. The van der Waals surface area contributed by atoms with Gasteiger partial charge in [0.25, 0.3) is 0 Å². The normalized spacial score (nSPS) is 15.9. The van der Waals surface area contributed by atoms with Crippen LogP contribution in [0, 0.1) is 3.80 Å². The number of hydrogen-bond acceptors (Lipinski definition) is 2. The van der Waals surface area contributed by atoms with E-state index in [0.717, 1.165) is 21.2 Å². The molecule has 0 spiro atoms. The standard InChI is InChI=1S/C9H9N3.C7H13I2N.Pt/c1-12-7-10-9(11-12)8-5-3-2-4-6-8;8-10(9)7-5-3-1-2-4-6-7;/h2-6H,1H3,(H,10,11);7H,1-6H2;. The maximum Gasteiger partial charge on any atom is 0.0311 e. The molecule has 3 rings (SSSR count). The number of nitrogens with one attached hydrogen (secondary N) is 1. The van der Waals surface area contributed by atoms with Crippen molar-refractivity contribution in [2.45, 2.75) is 44.6 Å². The second-order valence-corrected chi connectivity index (χ2v) is 10.6. The molecule has 0 aliphatic heterocycles. The van der Waals surface area contributed by atoms with Crippen molar-refractivity contribution in [3.8, 4) is 11.4 Å². The van der Waals surface area contributed by atoms with Gasteiger partial charge < -0.3 is 0 Å². The molecule has 7 heteroatoms. The van der Waals surface area contributed by atoms with Crippen molar-refractivity contribution in [3.63, 3.8) is 0 Å². The van der Waals surface area contributed by atoms with Crippen molar-refractivity contribution in [3.05, 3.63) is 34.1 Å². The molecule has 23 heavy (non-hydrogen) atoms. The van der Waals surface area contributed by atoms with Crippen LogP contribution in [0.3, 0.4) is 0 Å². The number of nitrogens with zero attached hydrogens (tertiary/aromatic N) is 3. The molecular weight excluding hydrogens is 697 g/mol. The maximum absolute atomic E-state index is 4.38. The summed E-state index contributed by atoms with van der Waals surface area (Å²) in [5.41, 5.74) is 1.11. The number of rotatable bonds is 2. The average Bonchev–Trinajstić information content (AvgIpc) is 2.77. The molecule has 0 atom stereocenters. The van der Waals surface area contributed by atoms with Crippen LogP contribution in [0.1, 0.15) is 38.5 Å². The van der Waals surface area contributed by atoms with Crippen LogP contribution in [0.2, 0.25) is 0 Å². The number of aryl methyl sites for hydroxylation is 1. The summed E-state index contributed by atoms with van der Waals surface area (Å²) >= 11 is 6.97. The van der Waals surface area contributed by atoms with Gasteiger partial charge in [-0.25, -0.2) is 0 Å². The maximum atomic E-state index is 4.38. The monoisotopic (exact) mass is 719 g/mol. The van der Waals surface area contributed by atoms with Crippen LogP contribution in [-0.2, 0) is 26.4 Å². The van der Waals surface area contributed by atoms with Crippen LogP contribution in [0.15, 0.2) is 30.3 Å². The van der Waals surface area contributed by atoms with Gasteiger partial charge in [-0.15, -0.1) is 0 Å². The zero-order valence-electron chi connectivity index (χ0n) is 13.1. The predicted octanol–water partition coefficient (Wildman–Crippen LogP) is 5.21. The summed E-state index contributed by atoms with van der Waals surface area (Å²) in [6.07, 6.45) is 8.60. The van der Waals surface area contributed by atoms with Crippen molar-refractivity contribution in [1.29, 1.82) is 0 Å². The zero-order chi connectivity index (χ0) is 16.7. The fourth-order valence-electron chi connectivity index (χ4n) is 2.57. The fourth-order valence-corrected chi connectivity index (χ4v) is 4.06. The number of H-pyrrole nitrogens is 1. The number of hydrogen-bond donors (Lipinski definition) is 1. The number of aromatic nitrogens is 3. The molecule has 0 radical (unpaired) electrons. The largest absolute Gasteiger partial charge is 0.185 e. The fraction of sp³-hybridized carbons (Fsp3) is 0.500. The van der Waals surface area contributed by atoms with Crippen molar-refractivity contribution in [2.24, 2.45) is 7.05 Å². The molecule has 0 amide bonds. The molecule has 2 aromatic rings. The van der Waals surface area contributed by atoms with E-state index < -0.39 is 0 Å². The predicted molar refractivity (Wildman–Crippen MR) is 108 cm³/mol. The van der Waals surface area contributed by atoms with Gasteiger partial charge in [0.05, 0.1) is 0 Å². The van der Waals surface area contributed by atoms with Gasteiger partial charge in [-0.1, -0.05) is 25.7 Å².